The van der Waals surface area contributed by atoms with Gasteiger partial charge in [0.15, 0.2) is 11.6 Å². The highest BCUT2D eigenvalue weighted by Gasteiger charge is 2.40. The van der Waals surface area contributed by atoms with Crippen LogP contribution in [-0.4, -0.2) is 30.1 Å². The molecule has 0 radical (unpaired) electrons. The van der Waals surface area contributed by atoms with Gasteiger partial charge in [0.1, 0.15) is 0 Å². The molecule has 0 saturated carbocycles. The van der Waals surface area contributed by atoms with Gasteiger partial charge in [-0.2, -0.15) is 0 Å². The van der Waals surface area contributed by atoms with E-state index in [1.165, 1.54) is 12.8 Å². The Hall–Kier alpha value is -1.00. The van der Waals surface area contributed by atoms with E-state index in [9.17, 15) is 8.78 Å². The van der Waals surface area contributed by atoms with Gasteiger partial charge >= 0.3 is 0 Å². The molecule has 3 rings (SSSR count). The highest BCUT2D eigenvalue weighted by molar-refractivity contribution is 5.20. The molecule has 0 aromatic heterocycles. The predicted octanol–water partition coefficient (Wildman–Crippen LogP) is 2.71. The van der Waals surface area contributed by atoms with E-state index in [4.69, 9.17) is 5.73 Å². The zero-order chi connectivity index (χ0) is 14.3. The first-order valence-electron chi connectivity index (χ1n) is 7.46. The third-order valence-electron chi connectivity index (χ3n) is 5.23. The smallest absolute Gasteiger partial charge is 0.162 e. The fraction of sp³-hybridized carbons (Fsp3) is 0.625. The molecule has 2 aliphatic rings. The van der Waals surface area contributed by atoms with Gasteiger partial charge < -0.3 is 10.6 Å². The Morgan fingerprint density at radius 1 is 1.25 bits per heavy atom. The molecular weight excluding hydrogens is 258 g/mol. The van der Waals surface area contributed by atoms with Gasteiger partial charge in [-0.1, -0.05) is 12.1 Å². The summed E-state index contributed by atoms with van der Waals surface area (Å²) in [5.74, 6) is -1.09. The molecule has 2 nitrogen and oxygen atoms in total. The van der Waals surface area contributed by atoms with E-state index in [1.807, 2.05) is 0 Å². The highest BCUT2D eigenvalue weighted by atomic mass is 19.2. The Kier molecular flexibility index (Phi) is 3.78. The van der Waals surface area contributed by atoms with E-state index in [1.54, 1.807) is 12.1 Å². The van der Waals surface area contributed by atoms with E-state index in [0.717, 1.165) is 18.9 Å². The predicted molar refractivity (Wildman–Crippen MR) is 75.3 cm³/mol. The molecule has 3 unspecified atom stereocenters. The average molecular weight is 280 g/mol. The van der Waals surface area contributed by atoms with Crippen molar-refractivity contribution in [1.82, 2.24) is 4.90 Å². The maximum absolute atomic E-state index is 13.7. The summed E-state index contributed by atoms with van der Waals surface area (Å²) in [6, 6.07) is 5.52. The van der Waals surface area contributed by atoms with Crippen LogP contribution < -0.4 is 5.73 Å². The molecule has 2 fully saturated rings. The Balaban J connectivity index is 1.68. The highest BCUT2D eigenvalue weighted by Crippen LogP contribution is 2.38. The standard InChI is InChI=1S/C16H22F2N2/c1-20-12-5-6-13(20)8-11(7-12)15(19)9-10-3-2-4-14(17)16(10)18/h2-4,11-13,15H,5-9,19H2,1H3. The second-order valence-corrected chi connectivity index (χ2v) is 6.36. The van der Waals surface area contributed by atoms with Crippen LogP contribution in [0.3, 0.4) is 0 Å². The third kappa shape index (κ3) is 2.47. The lowest BCUT2D eigenvalue weighted by atomic mass is 9.83. The number of hydrogen-bond acceptors (Lipinski definition) is 2. The maximum Gasteiger partial charge on any atom is 0.162 e. The Morgan fingerprint density at radius 2 is 1.90 bits per heavy atom. The van der Waals surface area contributed by atoms with Gasteiger partial charge in [0.25, 0.3) is 0 Å². The minimum absolute atomic E-state index is 0.0805. The maximum atomic E-state index is 13.7. The minimum Gasteiger partial charge on any atom is -0.327 e. The van der Waals surface area contributed by atoms with E-state index < -0.39 is 11.6 Å². The zero-order valence-corrected chi connectivity index (χ0v) is 11.9. The van der Waals surface area contributed by atoms with Crippen molar-refractivity contribution in [2.45, 2.75) is 50.2 Å². The van der Waals surface area contributed by atoms with Crippen molar-refractivity contribution >= 4 is 0 Å². The molecule has 2 saturated heterocycles. The summed E-state index contributed by atoms with van der Waals surface area (Å²) in [5.41, 5.74) is 6.70. The van der Waals surface area contributed by atoms with Gasteiger partial charge in [0.2, 0.25) is 0 Å². The first-order valence-corrected chi connectivity index (χ1v) is 7.46. The number of benzene rings is 1. The van der Waals surface area contributed by atoms with Gasteiger partial charge in [-0.05, 0) is 56.7 Å². The molecule has 2 aliphatic heterocycles. The number of nitrogens with two attached hydrogens (primary N) is 1. The van der Waals surface area contributed by atoms with Crippen molar-refractivity contribution in [1.29, 1.82) is 0 Å². The lowest BCUT2D eigenvalue weighted by Gasteiger charge is -2.38. The summed E-state index contributed by atoms with van der Waals surface area (Å²) in [5, 5.41) is 0. The van der Waals surface area contributed by atoms with Crippen LogP contribution in [0.25, 0.3) is 0 Å². The number of rotatable bonds is 3. The SMILES string of the molecule is CN1C2CCC1CC(C(N)Cc1cccc(F)c1F)C2. The van der Waals surface area contributed by atoms with Crippen molar-refractivity contribution in [3.8, 4) is 0 Å². The fourth-order valence-corrected chi connectivity index (χ4v) is 3.93. The molecule has 1 aromatic carbocycles. The summed E-state index contributed by atoms with van der Waals surface area (Å²) in [4.78, 5) is 2.46. The van der Waals surface area contributed by atoms with Gasteiger partial charge in [-0.25, -0.2) is 8.78 Å². The largest absolute Gasteiger partial charge is 0.327 e. The van der Waals surface area contributed by atoms with Crippen LogP contribution in [0.2, 0.25) is 0 Å². The normalized spacial score (nSPS) is 31.5. The number of halogens is 2. The minimum atomic E-state index is -0.779. The van der Waals surface area contributed by atoms with Crippen LogP contribution in [0, 0.1) is 17.6 Å². The van der Waals surface area contributed by atoms with Crippen LogP contribution in [0.1, 0.15) is 31.2 Å². The topological polar surface area (TPSA) is 29.3 Å². The molecule has 20 heavy (non-hydrogen) atoms. The Labute approximate surface area is 118 Å². The first-order chi connectivity index (χ1) is 9.56. The van der Waals surface area contributed by atoms with Gasteiger partial charge in [0, 0.05) is 18.1 Å². The molecule has 1 aromatic rings. The quantitative estimate of drug-likeness (QED) is 0.922. The molecule has 0 amide bonds. The lowest BCUT2D eigenvalue weighted by molar-refractivity contribution is 0.120. The number of hydrogen-bond donors (Lipinski definition) is 1. The van der Waals surface area contributed by atoms with Crippen LogP contribution in [0.5, 0.6) is 0 Å². The number of piperidine rings is 1. The Bertz CT molecular complexity index is 477. The van der Waals surface area contributed by atoms with E-state index in [-0.39, 0.29) is 6.04 Å². The van der Waals surface area contributed by atoms with Gasteiger partial charge in [0.05, 0.1) is 0 Å². The van der Waals surface area contributed by atoms with E-state index in [0.29, 0.717) is 30.0 Å². The third-order valence-corrected chi connectivity index (χ3v) is 5.23. The molecule has 2 heterocycles. The summed E-state index contributed by atoms with van der Waals surface area (Å²) < 4.78 is 27.0. The van der Waals surface area contributed by atoms with Crippen molar-refractivity contribution in [2.75, 3.05) is 7.05 Å². The summed E-state index contributed by atoms with van der Waals surface area (Å²) in [6.45, 7) is 0. The van der Waals surface area contributed by atoms with E-state index in [2.05, 4.69) is 11.9 Å². The van der Waals surface area contributed by atoms with Crippen molar-refractivity contribution in [3.05, 3.63) is 35.4 Å². The van der Waals surface area contributed by atoms with Gasteiger partial charge in [-0.3, -0.25) is 0 Å². The second-order valence-electron chi connectivity index (χ2n) is 6.36. The fourth-order valence-electron chi connectivity index (χ4n) is 3.93. The molecule has 3 atom stereocenters. The van der Waals surface area contributed by atoms with Crippen LogP contribution in [-0.2, 0) is 6.42 Å². The molecular formula is C16H22F2N2. The summed E-state index contributed by atoms with van der Waals surface area (Å²) in [7, 11) is 2.19. The average Bonchev–Trinajstić information content (AvgIpc) is 2.66. The van der Waals surface area contributed by atoms with Crippen molar-refractivity contribution < 1.29 is 8.78 Å². The molecule has 4 heteroatoms. The second kappa shape index (κ2) is 5.41. The van der Waals surface area contributed by atoms with Crippen molar-refractivity contribution in [3.63, 3.8) is 0 Å². The first kappa shape index (κ1) is 14.0. The van der Waals surface area contributed by atoms with Crippen LogP contribution >= 0.6 is 0 Å². The molecule has 0 aliphatic carbocycles. The van der Waals surface area contributed by atoms with E-state index >= 15 is 0 Å². The summed E-state index contributed by atoms with van der Waals surface area (Å²) >= 11 is 0. The number of fused-ring (bicyclic) bond motifs is 2. The molecule has 2 N–H and O–H groups in total. The zero-order valence-electron chi connectivity index (χ0n) is 11.9. The monoisotopic (exact) mass is 280 g/mol. The molecule has 0 spiro atoms. The van der Waals surface area contributed by atoms with Crippen LogP contribution in [0.15, 0.2) is 18.2 Å². The Morgan fingerprint density at radius 3 is 2.55 bits per heavy atom. The number of nitrogens with zero attached hydrogens (tertiary/aromatic N) is 1. The van der Waals surface area contributed by atoms with Crippen molar-refractivity contribution in [2.24, 2.45) is 11.7 Å². The lowest BCUT2D eigenvalue weighted by Crippen LogP contribution is -2.46. The molecule has 110 valence electrons. The molecule has 2 bridgehead atoms. The van der Waals surface area contributed by atoms with Crippen LogP contribution in [0.4, 0.5) is 8.78 Å². The van der Waals surface area contributed by atoms with Gasteiger partial charge in [-0.15, -0.1) is 0 Å². The summed E-state index contributed by atoms with van der Waals surface area (Å²) in [6.07, 6.45) is 5.10.